The van der Waals surface area contributed by atoms with E-state index in [0.29, 0.717) is 12.6 Å². The van der Waals surface area contributed by atoms with Crippen LogP contribution in [0, 0.1) is 0 Å². The molecule has 0 fully saturated rings. The van der Waals surface area contributed by atoms with Crippen LogP contribution in [-0.4, -0.2) is 13.2 Å². The van der Waals surface area contributed by atoms with E-state index >= 15 is 0 Å². The molecule has 1 unspecified atom stereocenters. The Kier molecular flexibility index (Phi) is 5.05. The van der Waals surface area contributed by atoms with Crippen LogP contribution in [0.25, 0.3) is 0 Å². The lowest BCUT2D eigenvalue weighted by Gasteiger charge is -2.12. The smallest absolute Gasteiger partial charge is 0.119 e. The Hall–Kier alpha value is -1.03. The predicted molar refractivity (Wildman–Crippen MR) is 77.7 cm³/mol. The average molecular weight is 282 g/mol. The number of nitrogens with one attached hydrogen (secondary N) is 1. The Morgan fingerprint density at radius 1 is 1.22 bits per heavy atom. The van der Waals surface area contributed by atoms with Crippen LogP contribution in [-0.2, 0) is 0 Å². The molecule has 0 aliphatic rings. The zero-order chi connectivity index (χ0) is 12.8. The van der Waals surface area contributed by atoms with Crippen LogP contribution >= 0.6 is 22.9 Å². The van der Waals surface area contributed by atoms with Gasteiger partial charge in [0.05, 0.1) is 4.34 Å². The second kappa shape index (κ2) is 6.78. The number of halogens is 1. The first-order valence-corrected chi connectivity index (χ1v) is 7.11. The number of thiophene rings is 1. The van der Waals surface area contributed by atoms with Crippen molar-refractivity contribution < 1.29 is 4.74 Å². The topological polar surface area (TPSA) is 21.3 Å². The third-order valence-corrected chi connectivity index (χ3v) is 4.00. The molecule has 4 heteroatoms. The van der Waals surface area contributed by atoms with Gasteiger partial charge in [0, 0.05) is 17.5 Å². The fourth-order valence-corrected chi connectivity index (χ4v) is 2.71. The highest BCUT2D eigenvalue weighted by molar-refractivity contribution is 7.16. The highest BCUT2D eigenvalue weighted by Crippen LogP contribution is 2.26. The molecule has 0 amide bonds. The van der Waals surface area contributed by atoms with Gasteiger partial charge in [-0.15, -0.1) is 11.3 Å². The number of hydrogen-bond donors (Lipinski definition) is 1. The molecule has 0 bridgehead atoms. The van der Waals surface area contributed by atoms with E-state index in [2.05, 4.69) is 18.3 Å². The van der Waals surface area contributed by atoms with E-state index < -0.39 is 0 Å². The van der Waals surface area contributed by atoms with Crippen LogP contribution in [0.15, 0.2) is 42.5 Å². The van der Waals surface area contributed by atoms with Gasteiger partial charge in [-0.3, -0.25) is 0 Å². The summed E-state index contributed by atoms with van der Waals surface area (Å²) in [4.78, 5) is 1.25. The molecular formula is C14H16ClNOS. The molecule has 1 heterocycles. The van der Waals surface area contributed by atoms with E-state index in [1.807, 2.05) is 36.4 Å². The highest BCUT2D eigenvalue weighted by Gasteiger charge is 2.06. The minimum atomic E-state index is 0.307. The quantitative estimate of drug-likeness (QED) is 0.804. The van der Waals surface area contributed by atoms with Gasteiger partial charge in [-0.2, -0.15) is 0 Å². The fraction of sp³-hybridized carbons (Fsp3) is 0.286. The molecule has 0 saturated heterocycles. The van der Waals surface area contributed by atoms with Gasteiger partial charge in [0.25, 0.3) is 0 Å². The Balaban J connectivity index is 1.69. The zero-order valence-electron chi connectivity index (χ0n) is 10.2. The van der Waals surface area contributed by atoms with Crippen molar-refractivity contribution in [1.29, 1.82) is 0 Å². The molecule has 0 radical (unpaired) electrons. The highest BCUT2D eigenvalue weighted by atomic mass is 35.5. The summed E-state index contributed by atoms with van der Waals surface area (Å²) in [5, 5.41) is 3.41. The van der Waals surface area contributed by atoms with Gasteiger partial charge in [-0.1, -0.05) is 29.8 Å². The molecule has 18 heavy (non-hydrogen) atoms. The summed E-state index contributed by atoms with van der Waals surface area (Å²) < 4.78 is 6.44. The predicted octanol–water partition coefficient (Wildman–Crippen LogP) is 4.13. The first kappa shape index (κ1) is 13.4. The monoisotopic (exact) mass is 281 g/mol. The summed E-state index contributed by atoms with van der Waals surface area (Å²) in [5.74, 6) is 0.908. The molecule has 1 N–H and O–H groups in total. The summed E-state index contributed by atoms with van der Waals surface area (Å²) in [6.45, 7) is 3.60. The zero-order valence-corrected chi connectivity index (χ0v) is 11.8. The number of benzene rings is 1. The molecular weight excluding hydrogens is 266 g/mol. The maximum absolute atomic E-state index is 5.91. The Morgan fingerprint density at radius 2 is 2.00 bits per heavy atom. The number of rotatable bonds is 6. The fourth-order valence-electron chi connectivity index (χ4n) is 1.62. The van der Waals surface area contributed by atoms with Crippen LogP contribution in [0.5, 0.6) is 5.75 Å². The van der Waals surface area contributed by atoms with Crippen molar-refractivity contribution in [2.75, 3.05) is 13.2 Å². The van der Waals surface area contributed by atoms with Gasteiger partial charge < -0.3 is 10.1 Å². The Bertz CT molecular complexity index is 472. The molecule has 0 spiro atoms. The van der Waals surface area contributed by atoms with E-state index in [9.17, 15) is 0 Å². The normalized spacial score (nSPS) is 12.3. The number of hydrogen-bond acceptors (Lipinski definition) is 3. The van der Waals surface area contributed by atoms with Gasteiger partial charge in [0.15, 0.2) is 0 Å². The second-order valence-electron chi connectivity index (χ2n) is 3.98. The molecule has 2 rings (SSSR count). The van der Waals surface area contributed by atoms with E-state index in [1.165, 1.54) is 4.88 Å². The molecule has 0 aliphatic heterocycles. The summed E-state index contributed by atoms with van der Waals surface area (Å²) in [6, 6.07) is 14.1. The molecule has 96 valence electrons. The van der Waals surface area contributed by atoms with Crippen molar-refractivity contribution in [2.24, 2.45) is 0 Å². The lowest BCUT2D eigenvalue weighted by molar-refractivity contribution is 0.308. The minimum Gasteiger partial charge on any atom is -0.492 e. The van der Waals surface area contributed by atoms with Crippen molar-refractivity contribution in [3.05, 3.63) is 51.7 Å². The van der Waals surface area contributed by atoms with Gasteiger partial charge in [-0.25, -0.2) is 0 Å². The molecule has 1 aromatic heterocycles. The van der Waals surface area contributed by atoms with Crippen molar-refractivity contribution in [1.82, 2.24) is 5.32 Å². The third-order valence-electron chi connectivity index (χ3n) is 2.59. The second-order valence-corrected chi connectivity index (χ2v) is 5.73. The molecule has 0 aliphatic carbocycles. The SMILES string of the molecule is CC(NCCOc1ccccc1)c1ccc(Cl)s1. The Morgan fingerprint density at radius 3 is 2.67 bits per heavy atom. The lowest BCUT2D eigenvalue weighted by Crippen LogP contribution is -2.23. The summed E-state index contributed by atoms with van der Waals surface area (Å²) >= 11 is 7.52. The van der Waals surface area contributed by atoms with Crippen LogP contribution in [0.2, 0.25) is 4.34 Å². The molecule has 2 aromatic rings. The van der Waals surface area contributed by atoms with Crippen molar-refractivity contribution >= 4 is 22.9 Å². The summed E-state index contributed by atoms with van der Waals surface area (Å²) in [7, 11) is 0. The molecule has 2 nitrogen and oxygen atoms in total. The van der Waals surface area contributed by atoms with Gasteiger partial charge in [-0.05, 0) is 31.2 Å². The number of ether oxygens (including phenoxy) is 1. The van der Waals surface area contributed by atoms with E-state index in [1.54, 1.807) is 11.3 Å². The van der Waals surface area contributed by atoms with Gasteiger partial charge in [0.2, 0.25) is 0 Å². The maximum atomic E-state index is 5.91. The molecule has 1 aromatic carbocycles. The third kappa shape index (κ3) is 4.02. The average Bonchev–Trinajstić information content (AvgIpc) is 2.82. The van der Waals surface area contributed by atoms with Gasteiger partial charge in [0.1, 0.15) is 12.4 Å². The lowest BCUT2D eigenvalue weighted by atomic mass is 10.3. The van der Waals surface area contributed by atoms with E-state index in [-0.39, 0.29) is 0 Å². The molecule has 0 saturated carbocycles. The van der Waals surface area contributed by atoms with Gasteiger partial charge >= 0.3 is 0 Å². The van der Waals surface area contributed by atoms with Crippen LogP contribution in [0.1, 0.15) is 17.8 Å². The minimum absolute atomic E-state index is 0.307. The first-order valence-electron chi connectivity index (χ1n) is 5.92. The van der Waals surface area contributed by atoms with Crippen molar-refractivity contribution in [3.8, 4) is 5.75 Å². The van der Waals surface area contributed by atoms with Crippen LogP contribution in [0.4, 0.5) is 0 Å². The van der Waals surface area contributed by atoms with Crippen LogP contribution in [0.3, 0.4) is 0 Å². The standard InChI is InChI=1S/C14H16ClNOS/c1-11(13-7-8-14(15)18-13)16-9-10-17-12-5-3-2-4-6-12/h2-8,11,16H,9-10H2,1H3. The maximum Gasteiger partial charge on any atom is 0.119 e. The van der Waals surface area contributed by atoms with Crippen molar-refractivity contribution in [2.45, 2.75) is 13.0 Å². The number of para-hydroxylation sites is 1. The van der Waals surface area contributed by atoms with E-state index in [4.69, 9.17) is 16.3 Å². The Labute approximate surface area is 117 Å². The summed E-state index contributed by atoms with van der Waals surface area (Å²) in [5.41, 5.74) is 0. The molecule has 1 atom stereocenters. The first-order chi connectivity index (χ1) is 8.75. The largest absolute Gasteiger partial charge is 0.492 e. The van der Waals surface area contributed by atoms with Crippen LogP contribution < -0.4 is 10.1 Å². The van der Waals surface area contributed by atoms with Crippen molar-refractivity contribution in [3.63, 3.8) is 0 Å². The summed E-state index contributed by atoms with van der Waals surface area (Å²) in [6.07, 6.45) is 0. The van der Waals surface area contributed by atoms with E-state index in [0.717, 1.165) is 16.6 Å².